The quantitative estimate of drug-likeness (QED) is 0.929. The summed E-state index contributed by atoms with van der Waals surface area (Å²) in [7, 11) is 0. The van der Waals surface area contributed by atoms with Crippen LogP contribution < -0.4 is 10.1 Å². The number of carbonyl (C=O) groups is 1. The van der Waals surface area contributed by atoms with Gasteiger partial charge in [-0.15, -0.1) is 0 Å². The Morgan fingerprint density at radius 3 is 3.23 bits per heavy atom. The monoisotopic (exact) mass is 303 g/mol. The molecule has 5 nitrogen and oxygen atoms in total. The summed E-state index contributed by atoms with van der Waals surface area (Å²) >= 11 is 0. The SMILES string of the molecule is CCOc1ncccc1C(=O)N1CC[C@H]2NCCCC[C@H]2C1. The largest absolute Gasteiger partial charge is 0.477 e. The van der Waals surface area contributed by atoms with Crippen LogP contribution in [0.5, 0.6) is 5.88 Å². The number of amides is 1. The van der Waals surface area contributed by atoms with Crippen LogP contribution in [0.3, 0.4) is 0 Å². The second-order valence-electron chi connectivity index (χ2n) is 6.15. The van der Waals surface area contributed by atoms with Gasteiger partial charge in [-0.05, 0) is 50.8 Å². The molecule has 0 unspecified atom stereocenters. The molecule has 3 rings (SSSR count). The minimum atomic E-state index is 0.0549. The number of ether oxygens (including phenoxy) is 1. The number of carbonyl (C=O) groups excluding carboxylic acids is 1. The molecule has 2 aliphatic heterocycles. The average molecular weight is 303 g/mol. The normalized spacial score (nSPS) is 25.2. The van der Waals surface area contributed by atoms with Crippen molar-refractivity contribution in [1.29, 1.82) is 0 Å². The number of likely N-dealkylation sites (tertiary alicyclic amines) is 1. The molecule has 22 heavy (non-hydrogen) atoms. The highest BCUT2D eigenvalue weighted by molar-refractivity contribution is 5.96. The molecular formula is C17H25N3O2. The lowest BCUT2D eigenvalue weighted by Gasteiger charge is -2.38. The maximum atomic E-state index is 12.8. The zero-order valence-corrected chi connectivity index (χ0v) is 13.3. The summed E-state index contributed by atoms with van der Waals surface area (Å²) in [4.78, 5) is 19.0. The molecule has 1 N–H and O–H groups in total. The Morgan fingerprint density at radius 1 is 1.45 bits per heavy atom. The topological polar surface area (TPSA) is 54.5 Å². The van der Waals surface area contributed by atoms with Crippen molar-refractivity contribution in [3.8, 4) is 5.88 Å². The van der Waals surface area contributed by atoms with E-state index in [0.717, 1.165) is 26.1 Å². The van der Waals surface area contributed by atoms with Gasteiger partial charge in [0.15, 0.2) is 0 Å². The van der Waals surface area contributed by atoms with E-state index in [-0.39, 0.29) is 5.91 Å². The molecule has 2 aliphatic rings. The molecule has 0 saturated carbocycles. The number of nitrogens with one attached hydrogen (secondary N) is 1. The second-order valence-corrected chi connectivity index (χ2v) is 6.15. The maximum Gasteiger partial charge on any atom is 0.259 e. The Kier molecular flexibility index (Phi) is 4.93. The lowest BCUT2D eigenvalue weighted by Crippen LogP contribution is -2.50. The van der Waals surface area contributed by atoms with Crippen molar-refractivity contribution in [3.05, 3.63) is 23.9 Å². The van der Waals surface area contributed by atoms with Gasteiger partial charge in [0.2, 0.25) is 5.88 Å². The van der Waals surface area contributed by atoms with Crippen molar-refractivity contribution in [2.24, 2.45) is 5.92 Å². The molecule has 120 valence electrons. The molecule has 0 aromatic carbocycles. The number of fused-ring (bicyclic) bond motifs is 1. The van der Waals surface area contributed by atoms with Crippen molar-refractivity contribution >= 4 is 5.91 Å². The standard InChI is InChI=1S/C17H25N3O2/c1-2-22-16-14(7-5-10-19-16)17(21)20-11-8-15-13(12-20)6-3-4-9-18-15/h5,7,10,13,15,18H,2-4,6,8-9,11-12H2,1H3/t13-,15+/m0/s1. The van der Waals surface area contributed by atoms with Crippen molar-refractivity contribution in [1.82, 2.24) is 15.2 Å². The van der Waals surface area contributed by atoms with E-state index in [0.29, 0.717) is 30.0 Å². The summed E-state index contributed by atoms with van der Waals surface area (Å²) in [5.74, 6) is 1.09. The summed E-state index contributed by atoms with van der Waals surface area (Å²) in [5.41, 5.74) is 0.587. The van der Waals surface area contributed by atoms with Crippen molar-refractivity contribution < 1.29 is 9.53 Å². The van der Waals surface area contributed by atoms with Crippen LogP contribution in [0.25, 0.3) is 0 Å². The van der Waals surface area contributed by atoms with E-state index < -0.39 is 0 Å². The van der Waals surface area contributed by atoms with Crippen molar-refractivity contribution in [2.45, 2.75) is 38.6 Å². The molecule has 5 heteroatoms. The Bertz CT molecular complexity index is 520. The van der Waals surface area contributed by atoms with Gasteiger partial charge in [0.05, 0.1) is 6.61 Å². The third-order valence-corrected chi connectivity index (χ3v) is 4.71. The summed E-state index contributed by atoms with van der Waals surface area (Å²) < 4.78 is 5.50. The van der Waals surface area contributed by atoms with E-state index in [1.807, 2.05) is 17.9 Å². The first-order valence-electron chi connectivity index (χ1n) is 8.40. The van der Waals surface area contributed by atoms with E-state index in [1.54, 1.807) is 12.3 Å². The van der Waals surface area contributed by atoms with Gasteiger partial charge >= 0.3 is 0 Å². The molecule has 3 heterocycles. The van der Waals surface area contributed by atoms with Crippen LogP contribution >= 0.6 is 0 Å². The molecule has 2 atom stereocenters. The third-order valence-electron chi connectivity index (χ3n) is 4.71. The molecule has 2 saturated heterocycles. The van der Waals surface area contributed by atoms with Crippen LogP contribution in [0.1, 0.15) is 43.0 Å². The second kappa shape index (κ2) is 7.09. The lowest BCUT2D eigenvalue weighted by molar-refractivity contribution is 0.0626. The highest BCUT2D eigenvalue weighted by Gasteiger charge is 2.33. The first-order valence-corrected chi connectivity index (χ1v) is 8.40. The van der Waals surface area contributed by atoms with E-state index >= 15 is 0 Å². The number of piperidine rings is 1. The van der Waals surface area contributed by atoms with Crippen LogP contribution in [0.15, 0.2) is 18.3 Å². The maximum absolute atomic E-state index is 12.8. The number of rotatable bonds is 3. The van der Waals surface area contributed by atoms with Gasteiger partial charge in [0.1, 0.15) is 5.56 Å². The third kappa shape index (κ3) is 3.24. The van der Waals surface area contributed by atoms with E-state index in [2.05, 4.69) is 10.3 Å². The summed E-state index contributed by atoms with van der Waals surface area (Å²) in [5, 5.41) is 3.64. The Labute approximate surface area is 132 Å². The molecule has 1 aromatic heterocycles. The molecule has 0 radical (unpaired) electrons. The molecule has 0 bridgehead atoms. The number of aromatic nitrogens is 1. The Morgan fingerprint density at radius 2 is 2.36 bits per heavy atom. The smallest absolute Gasteiger partial charge is 0.259 e. The van der Waals surface area contributed by atoms with Crippen molar-refractivity contribution in [3.63, 3.8) is 0 Å². The van der Waals surface area contributed by atoms with Gasteiger partial charge in [0, 0.05) is 25.3 Å². The number of hydrogen-bond acceptors (Lipinski definition) is 4. The fourth-order valence-corrected chi connectivity index (χ4v) is 3.57. The van der Waals surface area contributed by atoms with E-state index in [4.69, 9.17) is 4.74 Å². The fourth-order valence-electron chi connectivity index (χ4n) is 3.57. The van der Waals surface area contributed by atoms with Crippen LogP contribution in [-0.4, -0.2) is 48.1 Å². The predicted molar refractivity (Wildman–Crippen MR) is 85.1 cm³/mol. The summed E-state index contributed by atoms with van der Waals surface area (Å²) in [6, 6.07) is 4.19. The van der Waals surface area contributed by atoms with Crippen LogP contribution in [-0.2, 0) is 0 Å². The summed E-state index contributed by atoms with van der Waals surface area (Å²) in [6.07, 6.45) is 6.43. The van der Waals surface area contributed by atoms with Gasteiger partial charge in [-0.2, -0.15) is 0 Å². The number of nitrogens with zero attached hydrogens (tertiary/aromatic N) is 2. The molecule has 1 aromatic rings. The van der Waals surface area contributed by atoms with E-state index in [9.17, 15) is 4.79 Å². The zero-order valence-electron chi connectivity index (χ0n) is 13.3. The molecule has 1 amide bonds. The van der Waals surface area contributed by atoms with Gasteiger partial charge in [-0.1, -0.05) is 6.42 Å². The van der Waals surface area contributed by atoms with Gasteiger partial charge in [0.25, 0.3) is 5.91 Å². The first kappa shape index (κ1) is 15.3. The number of hydrogen-bond donors (Lipinski definition) is 1. The van der Waals surface area contributed by atoms with Crippen LogP contribution in [0.2, 0.25) is 0 Å². The first-order chi connectivity index (χ1) is 10.8. The molecular weight excluding hydrogens is 278 g/mol. The van der Waals surface area contributed by atoms with E-state index in [1.165, 1.54) is 19.3 Å². The highest BCUT2D eigenvalue weighted by Crippen LogP contribution is 2.27. The molecule has 0 spiro atoms. The average Bonchev–Trinajstić information content (AvgIpc) is 2.79. The molecule has 2 fully saturated rings. The zero-order chi connectivity index (χ0) is 15.4. The Balaban J connectivity index is 1.73. The Hall–Kier alpha value is -1.62. The highest BCUT2D eigenvalue weighted by atomic mass is 16.5. The van der Waals surface area contributed by atoms with Crippen LogP contribution in [0.4, 0.5) is 0 Å². The predicted octanol–water partition coefficient (Wildman–Crippen LogP) is 2.08. The minimum Gasteiger partial charge on any atom is -0.477 e. The van der Waals surface area contributed by atoms with Gasteiger partial charge in [-0.25, -0.2) is 4.98 Å². The fraction of sp³-hybridized carbons (Fsp3) is 0.647. The van der Waals surface area contributed by atoms with Crippen molar-refractivity contribution in [2.75, 3.05) is 26.2 Å². The lowest BCUT2D eigenvalue weighted by atomic mass is 9.89. The minimum absolute atomic E-state index is 0.0549. The number of pyridine rings is 1. The van der Waals surface area contributed by atoms with Gasteiger partial charge in [-0.3, -0.25) is 4.79 Å². The molecule has 0 aliphatic carbocycles. The van der Waals surface area contributed by atoms with Crippen LogP contribution in [0, 0.1) is 5.92 Å². The van der Waals surface area contributed by atoms with Gasteiger partial charge < -0.3 is 15.0 Å². The summed E-state index contributed by atoms with van der Waals surface area (Å²) in [6.45, 7) is 5.20.